The molecule has 0 fully saturated rings. The van der Waals surface area contributed by atoms with Crippen molar-refractivity contribution >= 4 is 5.97 Å². The molecule has 0 amide bonds. The molecule has 12 nitrogen and oxygen atoms in total. The van der Waals surface area contributed by atoms with E-state index in [1.165, 1.54) is 35.4 Å². The molecule has 0 aliphatic rings. The van der Waals surface area contributed by atoms with Crippen LogP contribution in [0.1, 0.15) is 97.1 Å². The van der Waals surface area contributed by atoms with Gasteiger partial charge in [0.15, 0.2) is 29.1 Å². The summed E-state index contributed by atoms with van der Waals surface area (Å²) in [4.78, 5) is 24.5. The van der Waals surface area contributed by atoms with E-state index in [1.807, 2.05) is 13.8 Å². The molecule has 3 unspecified atom stereocenters. The Kier molecular flexibility index (Phi) is 17.5. The number of unbranched alkanes of at least 4 members (excludes halogenated alkanes) is 4. The highest BCUT2D eigenvalue weighted by atomic mass is 16.6. The highest BCUT2D eigenvalue weighted by Gasteiger charge is 2.44. The molecule has 0 radical (unpaired) electrons. The fraction of sp³-hybridized carbons (Fsp3) is 0.632. The first-order chi connectivity index (χ1) is 24.0. The highest BCUT2D eigenvalue weighted by Crippen LogP contribution is 2.53. The van der Waals surface area contributed by atoms with E-state index in [1.54, 1.807) is 24.3 Å². The number of nitrogens with zero attached hydrogens (tertiary/aromatic N) is 2. The molecule has 0 aromatic heterocycles. The predicted octanol–water partition coefficient (Wildman–Crippen LogP) is 7.88. The first-order valence-electron chi connectivity index (χ1n) is 17.5. The van der Waals surface area contributed by atoms with E-state index < -0.39 is 28.5 Å². The third-order valence-corrected chi connectivity index (χ3v) is 8.96. The molecule has 0 aliphatic carbocycles. The summed E-state index contributed by atoms with van der Waals surface area (Å²) in [7, 11) is 6.03. The van der Waals surface area contributed by atoms with Gasteiger partial charge in [-0.25, -0.2) is 0 Å². The topological polar surface area (TPSA) is 149 Å². The Morgan fingerprint density at radius 3 is 1.98 bits per heavy atom. The van der Waals surface area contributed by atoms with Gasteiger partial charge in [0, 0.05) is 23.8 Å². The Hall–Kier alpha value is -4.40. The Balaban J connectivity index is 2.71. The van der Waals surface area contributed by atoms with Gasteiger partial charge < -0.3 is 33.2 Å². The molecule has 0 bridgehead atoms. The molecule has 0 aliphatic heterocycles. The molecule has 2 rings (SSSR count). The number of esters is 1. The maximum Gasteiger partial charge on any atom is 0.303 e. The minimum Gasteiger partial charge on any atom is -0.493 e. The monoisotopic (exact) mass is 700 g/mol. The summed E-state index contributed by atoms with van der Waals surface area (Å²) < 4.78 is 40.7. The molecule has 0 N–H and O–H groups in total. The van der Waals surface area contributed by atoms with Crippen molar-refractivity contribution in [1.29, 1.82) is 5.26 Å². The number of rotatable bonds is 24. The van der Waals surface area contributed by atoms with E-state index in [2.05, 4.69) is 19.9 Å². The number of methoxy groups -OCH3 is 4. The van der Waals surface area contributed by atoms with Crippen LogP contribution in [-0.2, 0) is 21.4 Å². The Morgan fingerprint density at radius 2 is 1.48 bits per heavy atom. The fourth-order valence-corrected chi connectivity index (χ4v) is 6.10. The SMILES string of the molecule is CCCCCOc1cc(C(C#N)(CCC(OC(C)=O)C(Cc2ccc(OC)c(OC)c2)[N+](=O)[O-])C(C)C)c(OCCCCC)c(OC)c1OC. The smallest absolute Gasteiger partial charge is 0.303 e. The zero-order valence-electron chi connectivity index (χ0n) is 31.3. The van der Waals surface area contributed by atoms with Gasteiger partial charge in [-0.3, -0.25) is 14.9 Å². The summed E-state index contributed by atoms with van der Waals surface area (Å²) in [5.41, 5.74) is -0.137. The van der Waals surface area contributed by atoms with Crippen molar-refractivity contribution in [3.05, 3.63) is 45.5 Å². The molecule has 50 heavy (non-hydrogen) atoms. The largest absolute Gasteiger partial charge is 0.493 e. The van der Waals surface area contributed by atoms with E-state index in [0.717, 1.165) is 38.5 Å². The van der Waals surface area contributed by atoms with E-state index in [-0.39, 0.29) is 25.2 Å². The van der Waals surface area contributed by atoms with Crippen LogP contribution in [0.3, 0.4) is 0 Å². The summed E-state index contributed by atoms with van der Waals surface area (Å²) >= 11 is 0. The first kappa shape index (κ1) is 41.8. The second-order valence-corrected chi connectivity index (χ2v) is 12.6. The quantitative estimate of drug-likeness (QED) is 0.0456. The molecule has 3 atom stereocenters. The predicted molar refractivity (Wildman–Crippen MR) is 191 cm³/mol. The lowest BCUT2D eigenvalue weighted by molar-refractivity contribution is -0.533. The second kappa shape index (κ2) is 21.0. The van der Waals surface area contributed by atoms with Crippen LogP contribution in [0.15, 0.2) is 24.3 Å². The van der Waals surface area contributed by atoms with Crippen LogP contribution in [0.25, 0.3) is 0 Å². The van der Waals surface area contributed by atoms with Gasteiger partial charge >= 0.3 is 5.97 Å². The van der Waals surface area contributed by atoms with Gasteiger partial charge in [0.2, 0.25) is 11.5 Å². The van der Waals surface area contributed by atoms with Gasteiger partial charge in [-0.15, -0.1) is 0 Å². The van der Waals surface area contributed by atoms with Crippen LogP contribution in [0, 0.1) is 27.4 Å². The fourth-order valence-electron chi connectivity index (χ4n) is 6.10. The lowest BCUT2D eigenvalue weighted by atomic mass is 9.68. The number of ether oxygens (including phenoxy) is 7. The van der Waals surface area contributed by atoms with Crippen LogP contribution in [0.4, 0.5) is 0 Å². The zero-order chi connectivity index (χ0) is 37.3. The number of benzene rings is 2. The van der Waals surface area contributed by atoms with E-state index in [4.69, 9.17) is 33.2 Å². The maximum absolute atomic E-state index is 12.6. The average Bonchev–Trinajstić information content (AvgIpc) is 3.10. The Labute approximate surface area is 297 Å². The van der Waals surface area contributed by atoms with Gasteiger partial charge in [-0.05, 0) is 55.4 Å². The van der Waals surface area contributed by atoms with Crippen molar-refractivity contribution in [2.45, 2.75) is 110 Å². The lowest BCUT2D eigenvalue weighted by Gasteiger charge is -2.35. The summed E-state index contributed by atoms with van der Waals surface area (Å²) in [6.07, 6.45) is 4.47. The van der Waals surface area contributed by atoms with Crippen LogP contribution in [0.5, 0.6) is 34.5 Å². The zero-order valence-corrected chi connectivity index (χ0v) is 31.3. The number of hydrogen-bond acceptors (Lipinski definition) is 11. The van der Waals surface area contributed by atoms with Crippen molar-refractivity contribution in [3.63, 3.8) is 0 Å². The van der Waals surface area contributed by atoms with Gasteiger partial charge in [0.05, 0.1) is 53.1 Å². The molecule has 0 spiro atoms. The Morgan fingerprint density at radius 1 is 0.860 bits per heavy atom. The normalized spacial score (nSPS) is 13.4. The average molecular weight is 701 g/mol. The molecule has 0 heterocycles. The molecule has 2 aromatic rings. The van der Waals surface area contributed by atoms with Crippen LogP contribution in [0.2, 0.25) is 0 Å². The molecular weight excluding hydrogens is 644 g/mol. The third kappa shape index (κ3) is 10.8. The van der Waals surface area contributed by atoms with Crippen molar-refractivity contribution in [2.75, 3.05) is 41.7 Å². The van der Waals surface area contributed by atoms with Gasteiger partial charge in [-0.2, -0.15) is 5.26 Å². The van der Waals surface area contributed by atoms with E-state index >= 15 is 0 Å². The minimum atomic E-state index is -1.31. The summed E-state index contributed by atoms with van der Waals surface area (Å²) in [5, 5.41) is 23.7. The highest BCUT2D eigenvalue weighted by molar-refractivity contribution is 5.67. The number of carbonyl (C=O) groups excluding carboxylic acids is 1. The Bertz CT molecular complexity index is 1420. The van der Waals surface area contributed by atoms with Crippen LogP contribution < -0.4 is 28.4 Å². The number of nitriles is 1. The summed E-state index contributed by atoms with van der Waals surface area (Å²) in [6.45, 7) is 10.1. The van der Waals surface area contributed by atoms with Crippen molar-refractivity contribution in [3.8, 4) is 40.6 Å². The number of hydrogen-bond donors (Lipinski definition) is 0. The maximum atomic E-state index is 12.6. The standard InChI is InChI=1S/C38H56N2O10/c1-10-12-14-20-48-34-24-29(35(49-21-15-13-11-2)37(47-9)36(34)46-8)38(25-39,26(3)4)19-18-31(50-27(5)41)30(40(42)43)22-28-16-17-32(44-6)33(23-28)45-7/h16-17,23-24,26,30-31H,10-15,18-22H2,1-9H3. The van der Waals surface area contributed by atoms with E-state index in [0.29, 0.717) is 58.8 Å². The molecule has 0 saturated carbocycles. The summed E-state index contributed by atoms with van der Waals surface area (Å²) in [6, 6.07) is 8.07. The van der Waals surface area contributed by atoms with E-state index in [9.17, 15) is 20.2 Å². The molecule has 12 heteroatoms. The van der Waals surface area contributed by atoms with Crippen molar-refractivity contribution in [1.82, 2.24) is 0 Å². The van der Waals surface area contributed by atoms with Crippen molar-refractivity contribution < 1.29 is 42.9 Å². The van der Waals surface area contributed by atoms with Crippen molar-refractivity contribution in [2.24, 2.45) is 5.92 Å². The van der Waals surface area contributed by atoms with Crippen LogP contribution >= 0.6 is 0 Å². The second-order valence-electron chi connectivity index (χ2n) is 12.6. The summed E-state index contributed by atoms with van der Waals surface area (Å²) in [5.74, 6) is 1.37. The molecule has 2 aromatic carbocycles. The van der Waals surface area contributed by atoms with Gasteiger partial charge in [0.1, 0.15) is 0 Å². The minimum absolute atomic E-state index is 0.0145. The molecule has 0 saturated heterocycles. The van der Waals surface area contributed by atoms with Crippen LogP contribution in [-0.4, -0.2) is 64.7 Å². The number of carbonyl (C=O) groups is 1. The van der Waals surface area contributed by atoms with Gasteiger partial charge in [-0.1, -0.05) is 59.4 Å². The first-order valence-corrected chi connectivity index (χ1v) is 17.5. The molecule has 278 valence electrons. The van der Waals surface area contributed by atoms with Gasteiger partial charge in [0.25, 0.3) is 6.04 Å². The number of nitro groups is 1. The lowest BCUT2D eigenvalue weighted by Crippen LogP contribution is -2.41. The molecular formula is C38H56N2O10. The third-order valence-electron chi connectivity index (χ3n) is 8.96.